The van der Waals surface area contributed by atoms with Crippen molar-refractivity contribution < 1.29 is 21.6 Å². The second-order valence-electron chi connectivity index (χ2n) is 6.35. The van der Waals surface area contributed by atoms with Crippen LogP contribution in [-0.2, 0) is 23.5 Å². The highest BCUT2D eigenvalue weighted by Gasteiger charge is 2.39. The predicted molar refractivity (Wildman–Crippen MR) is 106 cm³/mol. The van der Waals surface area contributed by atoms with E-state index in [0.717, 1.165) is 5.56 Å². The van der Waals surface area contributed by atoms with Gasteiger partial charge in [0, 0.05) is 18.8 Å². The number of azo groups is 1. The second-order valence-corrected chi connectivity index (χ2v) is 7.95. The Kier molecular flexibility index (Phi) is 5.61. The van der Waals surface area contributed by atoms with Crippen LogP contribution in [0.4, 0.5) is 47.8 Å². The van der Waals surface area contributed by atoms with Crippen LogP contribution >= 0.6 is 0 Å². The fourth-order valence-corrected chi connectivity index (χ4v) is 3.50. The summed E-state index contributed by atoms with van der Waals surface area (Å²) in [6.07, 6.45) is 0.587. The van der Waals surface area contributed by atoms with Gasteiger partial charge < -0.3 is 19.3 Å². The van der Waals surface area contributed by atoms with Gasteiger partial charge in [0.1, 0.15) is 0 Å². The van der Waals surface area contributed by atoms with E-state index in [-0.39, 0.29) is 23.3 Å². The van der Waals surface area contributed by atoms with Gasteiger partial charge in [0.05, 0.1) is 12.7 Å². The first-order valence-electron chi connectivity index (χ1n) is 8.72. The Morgan fingerprint density at radius 2 is 1.97 bits per heavy atom. The van der Waals surface area contributed by atoms with Crippen LogP contribution in [0.2, 0.25) is 0 Å². The lowest BCUT2D eigenvalue weighted by Gasteiger charge is -2.26. The molecular formula is C17H14F3N8O2S-. The van der Waals surface area contributed by atoms with E-state index in [9.17, 15) is 21.6 Å². The molecule has 0 saturated heterocycles. The van der Waals surface area contributed by atoms with Gasteiger partial charge in [-0.25, -0.2) is 13.0 Å². The van der Waals surface area contributed by atoms with Gasteiger partial charge in [0.2, 0.25) is 0 Å². The van der Waals surface area contributed by atoms with Gasteiger partial charge in [-0.05, 0) is 25.0 Å². The molecule has 0 radical (unpaired) electrons. The van der Waals surface area contributed by atoms with Gasteiger partial charge >= 0.3 is 11.5 Å². The molecule has 0 bridgehead atoms. The summed E-state index contributed by atoms with van der Waals surface area (Å²) in [5, 5.41) is 7.66. The molecule has 2 aromatic rings. The first-order chi connectivity index (χ1) is 14.5. The Bertz CT molecular complexity index is 1250. The fraction of sp³-hybridized carbons (Fsp3) is 0.353. The summed E-state index contributed by atoms with van der Waals surface area (Å²) in [6.45, 7) is 17.2. The largest absolute Gasteiger partial charge is 0.568 e. The molecule has 31 heavy (non-hydrogen) atoms. The van der Waals surface area contributed by atoms with Gasteiger partial charge in [-0.1, -0.05) is 35.0 Å². The van der Waals surface area contributed by atoms with Crippen LogP contribution < -0.4 is 4.90 Å². The zero-order valence-electron chi connectivity index (χ0n) is 16.2. The highest BCUT2D eigenvalue weighted by Crippen LogP contribution is 2.45. The number of hydrogen-bond donors (Lipinski definition) is 0. The van der Waals surface area contributed by atoms with Crippen LogP contribution in [0.1, 0.15) is 12.5 Å². The molecule has 1 aliphatic heterocycles. The van der Waals surface area contributed by atoms with Gasteiger partial charge in [-0.2, -0.15) is 13.2 Å². The van der Waals surface area contributed by atoms with Gasteiger partial charge in [-0.3, -0.25) is 0 Å². The SMILES string of the molecule is [C-]#[N+]c1nc(N=Nc2cc3c(cc2[N-]S(=O)(=O)C(F)(F)F)N(CC)CC3)n(C)c1[N+]#[C-]. The van der Waals surface area contributed by atoms with Crippen molar-refractivity contribution in [1.29, 1.82) is 0 Å². The average molecular weight is 451 g/mol. The number of benzene rings is 1. The minimum atomic E-state index is -5.81. The Morgan fingerprint density at radius 3 is 2.52 bits per heavy atom. The second kappa shape index (κ2) is 7.88. The standard InChI is InChI=1S/C17H14F3N8O2S/c1-5-28-7-6-10-8-11(12(9-13(10)28)26-31(29,30)17(18,19)20)24-25-16-23-14(21-2)15(22-3)27(16)4/h8-9H,5-7H2,1,4H3/q-1. The number of rotatable bonds is 5. The molecule has 0 amide bonds. The van der Waals surface area contributed by atoms with E-state index < -0.39 is 21.2 Å². The monoisotopic (exact) mass is 451 g/mol. The van der Waals surface area contributed by atoms with E-state index in [1.807, 2.05) is 11.8 Å². The summed E-state index contributed by atoms with van der Waals surface area (Å²) in [4.78, 5) is 12.0. The molecule has 0 spiro atoms. The van der Waals surface area contributed by atoms with Crippen LogP contribution in [0.15, 0.2) is 22.4 Å². The van der Waals surface area contributed by atoms with E-state index in [0.29, 0.717) is 25.2 Å². The molecule has 0 N–H and O–H groups in total. The molecule has 10 nitrogen and oxygen atoms in total. The summed E-state index contributed by atoms with van der Waals surface area (Å²) < 4.78 is 66.0. The smallest absolute Gasteiger partial charge is 0.483 e. The van der Waals surface area contributed by atoms with Crippen LogP contribution in [0.5, 0.6) is 0 Å². The number of alkyl halides is 3. The maximum Gasteiger partial charge on any atom is 0.483 e. The molecular weight excluding hydrogens is 437 g/mol. The van der Waals surface area contributed by atoms with E-state index >= 15 is 0 Å². The summed E-state index contributed by atoms with van der Waals surface area (Å²) in [5.41, 5.74) is -4.98. The zero-order chi connectivity index (χ0) is 23.0. The lowest BCUT2D eigenvalue weighted by Crippen LogP contribution is -2.21. The molecule has 1 aromatic heterocycles. The Hall–Kier alpha value is -3.65. The Morgan fingerprint density at radius 1 is 1.26 bits per heavy atom. The maximum atomic E-state index is 12.9. The first-order valence-corrected chi connectivity index (χ1v) is 10.2. The van der Waals surface area contributed by atoms with Crippen LogP contribution in [0, 0.1) is 13.1 Å². The fourth-order valence-electron chi connectivity index (χ4n) is 2.99. The molecule has 0 saturated carbocycles. The molecule has 14 heteroatoms. The van der Waals surface area contributed by atoms with Gasteiger partial charge in [0.25, 0.3) is 11.6 Å². The lowest BCUT2D eigenvalue weighted by atomic mass is 10.1. The van der Waals surface area contributed by atoms with E-state index in [2.05, 4.69) is 29.6 Å². The zero-order valence-corrected chi connectivity index (χ0v) is 17.0. The Labute approximate surface area is 175 Å². The topological polar surface area (TPSA) is 103 Å². The Balaban J connectivity index is 2.10. The van der Waals surface area contributed by atoms with Crippen molar-refractivity contribution in [3.63, 3.8) is 0 Å². The molecule has 1 aromatic carbocycles. The van der Waals surface area contributed by atoms with Crippen LogP contribution in [0.3, 0.4) is 0 Å². The van der Waals surface area contributed by atoms with E-state index in [1.54, 1.807) is 0 Å². The third-order valence-corrected chi connectivity index (χ3v) is 5.56. The molecule has 0 fully saturated rings. The normalized spacial score (nSPS) is 13.8. The summed E-state index contributed by atoms with van der Waals surface area (Å²) in [5.74, 6) is -0.429. The number of likely N-dealkylation sites (N-methyl/N-ethyl adjacent to an activating group) is 1. The van der Waals surface area contributed by atoms with E-state index in [1.165, 1.54) is 23.7 Å². The van der Waals surface area contributed by atoms with Crippen molar-refractivity contribution >= 4 is 44.7 Å². The molecule has 0 aliphatic carbocycles. The van der Waals surface area contributed by atoms with Crippen molar-refractivity contribution in [2.75, 3.05) is 18.0 Å². The lowest BCUT2D eigenvalue weighted by molar-refractivity contribution is -0.0425. The van der Waals surface area contributed by atoms with Crippen molar-refractivity contribution in [2.24, 2.45) is 17.3 Å². The first kappa shape index (κ1) is 22.0. The average Bonchev–Trinajstić information content (AvgIpc) is 3.24. The van der Waals surface area contributed by atoms with E-state index in [4.69, 9.17) is 13.1 Å². The number of aromatic nitrogens is 2. The predicted octanol–water partition coefficient (Wildman–Crippen LogP) is 5.17. The number of fused-ring (bicyclic) bond motifs is 1. The molecule has 3 rings (SSSR count). The van der Waals surface area contributed by atoms with Crippen molar-refractivity contribution in [1.82, 2.24) is 9.55 Å². The highest BCUT2D eigenvalue weighted by molar-refractivity contribution is 7.95. The van der Waals surface area contributed by atoms with Crippen LogP contribution in [0.25, 0.3) is 14.4 Å². The molecule has 162 valence electrons. The summed E-state index contributed by atoms with van der Waals surface area (Å²) in [7, 11) is -4.39. The van der Waals surface area contributed by atoms with Crippen LogP contribution in [-0.4, -0.2) is 36.6 Å². The quantitative estimate of drug-likeness (QED) is 0.462. The number of nitrogens with zero attached hydrogens (tertiary/aromatic N) is 8. The van der Waals surface area contributed by atoms with Gasteiger partial charge in [0.15, 0.2) is 10.0 Å². The number of sulfonamides is 1. The summed E-state index contributed by atoms with van der Waals surface area (Å²) in [6, 6.07) is 2.66. The van der Waals surface area contributed by atoms with Crippen molar-refractivity contribution in [2.45, 2.75) is 18.9 Å². The van der Waals surface area contributed by atoms with Crippen molar-refractivity contribution in [3.05, 3.63) is 45.3 Å². The summed E-state index contributed by atoms with van der Waals surface area (Å²) >= 11 is 0. The molecule has 2 heterocycles. The molecule has 0 unspecified atom stereocenters. The minimum Gasteiger partial charge on any atom is -0.568 e. The van der Waals surface area contributed by atoms with Gasteiger partial charge in [-0.15, -0.1) is 5.11 Å². The van der Waals surface area contributed by atoms with Crippen molar-refractivity contribution in [3.8, 4) is 0 Å². The third kappa shape index (κ3) is 4.02. The number of hydrogen-bond acceptors (Lipinski definition) is 6. The maximum absolute atomic E-state index is 12.9. The molecule has 1 aliphatic rings. The highest BCUT2D eigenvalue weighted by atomic mass is 32.2. The third-order valence-electron chi connectivity index (χ3n) is 4.54. The number of imidazole rings is 1. The number of halogens is 3. The number of anilines is 1. The molecule has 0 atom stereocenters. The minimum absolute atomic E-state index is 0.0824.